The zero-order valence-electron chi connectivity index (χ0n) is 15.1. The van der Waals surface area contributed by atoms with E-state index >= 15 is 0 Å². The summed E-state index contributed by atoms with van der Waals surface area (Å²) in [5.41, 5.74) is 3.46. The van der Waals surface area contributed by atoms with Gasteiger partial charge in [0.1, 0.15) is 5.65 Å². The minimum atomic E-state index is -0.103. The van der Waals surface area contributed by atoms with Crippen molar-refractivity contribution in [1.82, 2.24) is 19.6 Å². The van der Waals surface area contributed by atoms with Crippen LogP contribution in [0.1, 0.15) is 34.5 Å². The monoisotopic (exact) mass is 362 g/mol. The summed E-state index contributed by atoms with van der Waals surface area (Å²) in [5, 5.41) is 2.95. The van der Waals surface area contributed by atoms with Gasteiger partial charge in [-0.05, 0) is 36.2 Å². The molecular weight excluding hydrogens is 340 g/mol. The fourth-order valence-electron chi connectivity index (χ4n) is 3.42. The van der Waals surface area contributed by atoms with E-state index in [0.29, 0.717) is 31.5 Å². The Morgan fingerprint density at radius 2 is 2.11 bits per heavy atom. The molecule has 0 saturated carbocycles. The van der Waals surface area contributed by atoms with E-state index < -0.39 is 0 Å². The summed E-state index contributed by atoms with van der Waals surface area (Å²) in [5.74, 6) is 0.0886. The molecule has 0 unspecified atom stereocenters. The van der Waals surface area contributed by atoms with Crippen molar-refractivity contribution in [2.24, 2.45) is 0 Å². The molecule has 1 fully saturated rings. The quantitative estimate of drug-likeness (QED) is 0.732. The Morgan fingerprint density at radius 3 is 2.93 bits per heavy atom. The Bertz CT molecular complexity index is 946. The number of nitrogens with zero attached hydrogens (tertiary/aromatic N) is 3. The fourth-order valence-corrected chi connectivity index (χ4v) is 3.42. The molecule has 1 N–H and O–H groups in total. The molecule has 3 aromatic rings. The molecule has 4 rings (SSSR count). The van der Waals surface area contributed by atoms with Gasteiger partial charge in [-0.15, -0.1) is 0 Å². The molecule has 1 aliphatic rings. The number of benzene rings is 1. The molecule has 2 aromatic heterocycles. The fraction of sp³-hybridized carbons (Fsp3) is 0.286. The van der Waals surface area contributed by atoms with E-state index in [9.17, 15) is 9.59 Å². The molecule has 0 bridgehead atoms. The van der Waals surface area contributed by atoms with Crippen LogP contribution in [0.25, 0.3) is 5.65 Å². The van der Waals surface area contributed by atoms with Gasteiger partial charge in [0.15, 0.2) is 0 Å². The van der Waals surface area contributed by atoms with Crippen molar-refractivity contribution in [3.05, 3.63) is 71.7 Å². The molecule has 0 radical (unpaired) electrons. The van der Waals surface area contributed by atoms with Crippen molar-refractivity contribution in [3.63, 3.8) is 0 Å². The van der Waals surface area contributed by atoms with Crippen LogP contribution >= 0.6 is 0 Å². The highest BCUT2D eigenvalue weighted by molar-refractivity contribution is 5.94. The second-order valence-corrected chi connectivity index (χ2v) is 6.82. The number of amides is 2. The van der Waals surface area contributed by atoms with E-state index in [1.54, 1.807) is 6.07 Å². The largest absolute Gasteiger partial charge is 0.352 e. The Morgan fingerprint density at radius 1 is 1.19 bits per heavy atom. The van der Waals surface area contributed by atoms with Gasteiger partial charge in [0, 0.05) is 50.4 Å². The first-order valence-electron chi connectivity index (χ1n) is 9.26. The number of likely N-dealkylation sites (tertiary alicyclic amines) is 1. The van der Waals surface area contributed by atoms with E-state index in [-0.39, 0.29) is 11.8 Å². The van der Waals surface area contributed by atoms with Crippen LogP contribution in [0, 0.1) is 0 Å². The summed E-state index contributed by atoms with van der Waals surface area (Å²) in [7, 11) is 0. The third-order valence-electron chi connectivity index (χ3n) is 4.81. The zero-order chi connectivity index (χ0) is 18.6. The van der Waals surface area contributed by atoms with Gasteiger partial charge >= 0.3 is 0 Å². The van der Waals surface area contributed by atoms with Crippen molar-refractivity contribution in [2.45, 2.75) is 25.8 Å². The van der Waals surface area contributed by atoms with E-state index in [0.717, 1.165) is 29.9 Å². The van der Waals surface area contributed by atoms with Crippen LogP contribution in [0.3, 0.4) is 0 Å². The Balaban J connectivity index is 1.33. The predicted octanol–water partition coefficient (Wildman–Crippen LogP) is 2.43. The molecule has 0 aliphatic carbocycles. The summed E-state index contributed by atoms with van der Waals surface area (Å²) in [6.45, 7) is 1.90. The third-order valence-corrected chi connectivity index (χ3v) is 4.81. The SMILES string of the molecule is O=C(NCCc1cn2ccccc2n1)c1cccc(CN2CCCC2=O)c1. The highest BCUT2D eigenvalue weighted by Gasteiger charge is 2.20. The number of rotatable bonds is 6. The summed E-state index contributed by atoms with van der Waals surface area (Å²) < 4.78 is 1.97. The lowest BCUT2D eigenvalue weighted by Crippen LogP contribution is -2.26. The lowest BCUT2D eigenvalue weighted by Gasteiger charge is -2.16. The van der Waals surface area contributed by atoms with E-state index in [1.807, 2.05) is 58.1 Å². The summed E-state index contributed by atoms with van der Waals surface area (Å²) in [6, 6.07) is 13.4. The summed E-state index contributed by atoms with van der Waals surface area (Å²) in [6.07, 6.45) is 6.16. The highest BCUT2D eigenvalue weighted by atomic mass is 16.2. The van der Waals surface area contributed by atoms with Gasteiger partial charge in [-0.3, -0.25) is 9.59 Å². The Kier molecular flexibility index (Phi) is 4.87. The number of carbonyl (C=O) groups is 2. The first-order valence-corrected chi connectivity index (χ1v) is 9.26. The van der Waals surface area contributed by atoms with Gasteiger partial charge in [-0.2, -0.15) is 0 Å². The molecule has 0 spiro atoms. The number of carbonyl (C=O) groups excluding carboxylic acids is 2. The minimum Gasteiger partial charge on any atom is -0.352 e. The first kappa shape index (κ1) is 17.3. The number of pyridine rings is 1. The standard InChI is InChI=1S/C21H22N4O2/c26-20-8-4-12-25(20)14-16-5-3-6-17(13-16)21(27)22-10-9-18-15-24-11-2-1-7-19(24)23-18/h1-3,5-7,11,13,15H,4,8-10,12,14H2,(H,22,27). The Labute approximate surface area is 157 Å². The van der Waals surface area contributed by atoms with Gasteiger partial charge < -0.3 is 14.6 Å². The number of nitrogens with one attached hydrogen (secondary N) is 1. The Hall–Kier alpha value is -3.15. The average molecular weight is 362 g/mol. The van der Waals surface area contributed by atoms with Crippen molar-refractivity contribution >= 4 is 17.5 Å². The van der Waals surface area contributed by atoms with Crippen LogP contribution in [0.5, 0.6) is 0 Å². The van der Waals surface area contributed by atoms with Gasteiger partial charge in [0.05, 0.1) is 5.69 Å². The van der Waals surface area contributed by atoms with Gasteiger partial charge in [-0.25, -0.2) is 4.98 Å². The molecule has 138 valence electrons. The summed E-state index contributed by atoms with van der Waals surface area (Å²) >= 11 is 0. The minimum absolute atomic E-state index is 0.103. The van der Waals surface area contributed by atoms with Crippen molar-refractivity contribution in [3.8, 4) is 0 Å². The molecular formula is C21H22N4O2. The maximum absolute atomic E-state index is 12.4. The number of hydrogen-bond acceptors (Lipinski definition) is 3. The maximum atomic E-state index is 12.4. The smallest absolute Gasteiger partial charge is 0.251 e. The van der Waals surface area contributed by atoms with Crippen LogP contribution in [0.2, 0.25) is 0 Å². The highest BCUT2D eigenvalue weighted by Crippen LogP contribution is 2.15. The number of fused-ring (bicyclic) bond motifs is 1. The number of hydrogen-bond donors (Lipinski definition) is 1. The van der Waals surface area contributed by atoms with Crippen molar-refractivity contribution < 1.29 is 9.59 Å². The second-order valence-electron chi connectivity index (χ2n) is 6.82. The van der Waals surface area contributed by atoms with Gasteiger partial charge in [0.2, 0.25) is 5.91 Å². The van der Waals surface area contributed by atoms with Crippen LogP contribution in [0.4, 0.5) is 0 Å². The molecule has 27 heavy (non-hydrogen) atoms. The van der Waals surface area contributed by atoms with Crippen LogP contribution < -0.4 is 5.32 Å². The first-order chi connectivity index (χ1) is 13.2. The van der Waals surface area contributed by atoms with E-state index in [2.05, 4.69) is 10.3 Å². The van der Waals surface area contributed by atoms with Gasteiger partial charge in [-0.1, -0.05) is 18.2 Å². The molecule has 6 heteroatoms. The summed E-state index contributed by atoms with van der Waals surface area (Å²) in [4.78, 5) is 30.6. The molecule has 0 atom stereocenters. The van der Waals surface area contributed by atoms with Crippen molar-refractivity contribution in [1.29, 1.82) is 0 Å². The average Bonchev–Trinajstić information content (AvgIpc) is 3.27. The molecule has 1 saturated heterocycles. The molecule has 2 amide bonds. The molecule has 6 nitrogen and oxygen atoms in total. The normalized spacial score (nSPS) is 14.1. The van der Waals surface area contributed by atoms with Crippen LogP contribution in [-0.2, 0) is 17.8 Å². The lowest BCUT2D eigenvalue weighted by molar-refractivity contribution is -0.128. The van der Waals surface area contributed by atoms with Crippen LogP contribution in [-0.4, -0.2) is 39.2 Å². The molecule has 3 heterocycles. The predicted molar refractivity (Wildman–Crippen MR) is 102 cm³/mol. The number of imidazole rings is 1. The second kappa shape index (κ2) is 7.61. The topological polar surface area (TPSA) is 66.7 Å². The van der Waals surface area contributed by atoms with Crippen molar-refractivity contribution in [2.75, 3.05) is 13.1 Å². The van der Waals surface area contributed by atoms with Crippen LogP contribution in [0.15, 0.2) is 54.9 Å². The van der Waals surface area contributed by atoms with Gasteiger partial charge in [0.25, 0.3) is 5.91 Å². The number of aromatic nitrogens is 2. The maximum Gasteiger partial charge on any atom is 0.251 e. The zero-order valence-corrected chi connectivity index (χ0v) is 15.1. The van der Waals surface area contributed by atoms with E-state index in [4.69, 9.17) is 0 Å². The lowest BCUT2D eigenvalue weighted by atomic mass is 10.1. The molecule has 1 aromatic carbocycles. The third kappa shape index (κ3) is 4.00. The van der Waals surface area contributed by atoms with E-state index in [1.165, 1.54) is 0 Å². The molecule has 1 aliphatic heterocycles.